The topological polar surface area (TPSA) is 359 Å². The van der Waals surface area contributed by atoms with E-state index in [9.17, 15) is 18.3 Å². The number of aryl methyl sites for hydroxylation is 7. The number of β-amino-alcohol motifs (C(OH)–C–C–N with tert-alkyl or cyclic N) is 1. The van der Waals surface area contributed by atoms with Gasteiger partial charge in [-0.05, 0) is 176 Å². The van der Waals surface area contributed by atoms with E-state index in [2.05, 4.69) is 125 Å². The number of aliphatic hydroxyl groups is 1. The van der Waals surface area contributed by atoms with E-state index in [1.807, 2.05) is 189 Å². The molecule has 1 aliphatic rings. The number of nitrogens with one attached hydrogen (secondary N) is 4. The van der Waals surface area contributed by atoms with Crippen molar-refractivity contribution in [3.05, 3.63) is 233 Å². The van der Waals surface area contributed by atoms with Crippen molar-refractivity contribution in [2.45, 2.75) is 48.5 Å². The minimum atomic E-state index is -3.35. The van der Waals surface area contributed by atoms with E-state index < -0.39 is 9.84 Å². The second-order valence-electron chi connectivity index (χ2n) is 25.2. The first-order valence-electron chi connectivity index (χ1n) is 34.1. The van der Waals surface area contributed by atoms with Gasteiger partial charge in [-0.25, -0.2) is 58.3 Å². The molecule has 0 aliphatic carbocycles. The van der Waals surface area contributed by atoms with E-state index >= 15 is 0 Å². The molecule has 0 saturated carbocycles. The fraction of sp³-hybridized carbons (Fsp3) is 0.187. The van der Waals surface area contributed by atoms with Crippen molar-refractivity contribution in [1.29, 1.82) is 0 Å². The summed E-state index contributed by atoms with van der Waals surface area (Å²) in [7, 11) is 4.29. The first-order valence-corrected chi connectivity index (χ1v) is 39.6. The lowest BCUT2D eigenvalue weighted by atomic mass is 10.1. The molecular formula is C75H74Cl3N27O4S3. The fourth-order valence-corrected chi connectivity index (χ4v) is 13.1. The van der Waals surface area contributed by atoms with E-state index in [0.717, 1.165) is 126 Å². The van der Waals surface area contributed by atoms with Gasteiger partial charge in [0.15, 0.2) is 21.1 Å². The summed E-state index contributed by atoms with van der Waals surface area (Å²) in [6.07, 6.45) is 30.7. The molecule has 112 heavy (non-hydrogen) atoms. The van der Waals surface area contributed by atoms with Gasteiger partial charge in [0, 0.05) is 171 Å². The monoisotopic (exact) mass is 1620 g/mol. The third-order valence-electron chi connectivity index (χ3n) is 17.0. The smallest absolute Gasteiger partial charge is 0.229 e. The predicted octanol–water partition coefficient (Wildman–Crippen LogP) is 13.7. The second kappa shape index (κ2) is 36.3. The van der Waals surface area contributed by atoms with Gasteiger partial charge in [-0.1, -0.05) is 11.6 Å². The lowest BCUT2D eigenvalue weighted by molar-refractivity contribution is -0.00295. The molecule has 0 atom stereocenters. The summed E-state index contributed by atoms with van der Waals surface area (Å²) in [5.41, 5.74) is 12.8. The Hall–Kier alpha value is -11.9. The number of carbonyl (C=O) groups is 1. The number of sulfone groups is 1. The van der Waals surface area contributed by atoms with Gasteiger partial charge in [0.1, 0.15) is 26.8 Å². The number of fused-ring (bicyclic) bond motifs is 4. The van der Waals surface area contributed by atoms with Gasteiger partial charge in [-0.15, -0.1) is 23.5 Å². The van der Waals surface area contributed by atoms with Gasteiger partial charge in [-0.3, -0.25) is 28.4 Å². The summed E-state index contributed by atoms with van der Waals surface area (Å²) in [5, 5.41) is 46.0. The number of aldehydes is 1. The molecule has 5 N–H and O–H groups in total. The normalized spacial score (nSPS) is 11.9. The molecule has 0 unspecified atom stereocenters. The minimum absolute atomic E-state index is 0.0116. The molecule has 12 aromatic heterocycles. The zero-order chi connectivity index (χ0) is 79.2. The maximum atomic E-state index is 11.5. The van der Waals surface area contributed by atoms with Crippen molar-refractivity contribution in [2.75, 3.05) is 53.1 Å². The van der Waals surface area contributed by atoms with Crippen molar-refractivity contribution < 1.29 is 18.3 Å². The van der Waals surface area contributed by atoms with Gasteiger partial charge < -0.3 is 35.5 Å². The van der Waals surface area contributed by atoms with Crippen LogP contribution in [0.25, 0.3) is 55.2 Å². The van der Waals surface area contributed by atoms with Crippen LogP contribution >= 0.6 is 58.3 Å². The van der Waals surface area contributed by atoms with Crippen LogP contribution in [0.4, 0.5) is 46.5 Å². The van der Waals surface area contributed by atoms with Crippen LogP contribution < -0.4 is 21.3 Å². The van der Waals surface area contributed by atoms with Crippen molar-refractivity contribution >= 4 is 165 Å². The Morgan fingerprint density at radius 2 is 0.920 bits per heavy atom. The molecule has 0 radical (unpaired) electrons. The van der Waals surface area contributed by atoms with Crippen molar-refractivity contribution in [3.63, 3.8) is 0 Å². The Balaban J connectivity index is 0.000000131. The van der Waals surface area contributed by atoms with Crippen LogP contribution in [-0.2, 0) is 44.6 Å². The third-order valence-corrected chi connectivity index (χ3v) is 19.9. The summed E-state index contributed by atoms with van der Waals surface area (Å²) < 4.78 is 34.2. The number of halogens is 3. The van der Waals surface area contributed by atoms with Gasteiger partial charge in [0.25, 0.3) is 0 Å². The van der Waals surface area contributed by atoms with E-state index in [-0.39, 0.29) is 22.4 Å². The number of benzene rings is 4. The summed E-state index contributed by atoms with van der Waals surface area (Å²) in [6.45, 7) is 8.35. The molecule has 16 aromatic rings. The number of nitrogens with zero attached hydrogens (tertiary/aromatic N) is 23. The molecular weight excluding hydrogens is 1550 g/mol. The molecule has 4 aromatic carbocycles. The zero-order valence-corrected chi connectivity index (χ0v) is 66.7. The van der Waals surface area contributed by atoms with Crippen LogP contribution in [0.15, 0.2) is 205 Å². The van der Waals surface area contributed by atoms with E-state index in [4.69, 9.17) is 39.8 Å². The van der Waals surface area contributed by atoms with Gasteiger partial charge in [0.2, 0.25) is 34.4 Å². The maximum absolute atomic E-state index is 11.5. The summed E-state index contributed by atoms with van der Waals surface area (Å²) >= 11 is 19.4. The second-order valence-corrected chi connectivity index (χ2v) is 29.9. The fourth-order valence-electron chi connectivity index (χ4n) is 11.3. The number of thioether (sulfide) groups is 2. The van der Waals surface area contributed by atoms with Crippen LogP contribution in [-0.4, -0.2) is 171 Å². The molecule has 37 heteroatoms. The SMILES string of the molecule is CSc1ccnc(Cl)n1.CSc1ccnc(Nc2ccc3c(cnn3C)c2)n1.Cc1cn(-c2ccnc(Nc3ccc4c(cnn4C)c3)n2)cc1C=O.Cc1cn(-c2nc(Nc3ccc4c(cnn4C)c3)ncc2C)cc1CN1CC(O)C1.Clc1ccnc(Cl)n1.Cn1ncc2cc(Nc3nccc(S(C)(=O)=O)n3)ccc21. The van der Waals surface area contributed by atoms with Crippen LogP contribution in [0, 0.1) is 20.8 Å². The maximum Gasteiger partial charge on any atom is 0.229 e. The first kappa shape index (κ1) is 79.7. The zero-order valence-electron chi connectivity index (χ0n) is 62.0. The molecule has 1 saturated heterocycles. The third kappa shape index (κ3) is 20.8. The average Bonchev–Trinajstić information content (AvgIpc) is 1.77. The van der Waals surface area contributed by atoms with Gasteiger partial charge in [-0.2, -0.15) is 30.4 Å². The quantitative estimate of drug-likeness (QED) is 0.0260. The number of likely N-dealkylation sites (tertiary alicyclic amines) is 1. The molecule has 17 rings (SSSR count). The Bertz CT molecular complexity index is 6090. The largest absolute Gasteiger partial charge is 0.390 e. The Kier molecular flexibility index (Phi) is 25.8. The minimum Gasteiger partial charge on any atom is -0.390 e. The van der Waals surface area contributed by atoms with E-state index in [1.165, 1.54) is 29.6 Å². The summed E-state index contributed by atoms with van der Waals surface area (Å²) in [5.74, 6) is 3.43. The van der Waals surface area contributed by atoms with Gasteiger partial charge >= 0.3 is 0 Å². The molecule has 1 fully saturated rings. The van der Waals surface area contributed by atoms with Gasteiger partial charge in [0.05, 0.1) is 53.0 Å². The predicted molar refractivity (Wildman–Crippen MR) is 439 cm³/mol. The molecule has 0 bridgehead atoms. The van der Waals surface area contributed by atoms with E-state index in [1.54, 1.807) is 71.3 Å². The number of hydrogen-bond acceptors (Lipinski definition) is 27. The molecule has 31 nitrogen and oxygen atoms in total. The molecule has 572 valence electrons. The number of rotatable bonds is 16. The van der Waals surface area contributed by atoms with E-state index in [0.29, 0.717) is 39.7 Å². The lowest BCUT2D eigenvalue weighted by Crippen LogP contribution is -2.49. The molecule has 1 aliphatic heterocycles. The standard InChI is InChI=1S/C22H25N7O.C18H16N6O.C13H13N5O2S.C13H13N5S.C5H5ClN2S.C4H2Cl2N2/c1-14-7-23-22(25-18-4-5-20-16(6-18)8-24-27(20)3)26-21(14)29-9-15(2)17(11-29)10-28-12-19(30)13-28;1-12-9-24(10-14(12)11-25)17-5-6-19-18(22-17)21-15-3-4-16-13(7-15)8-20-23(16)2;1-18-11-4-3-10(7-9(11)8-15-18)16-13-14-6-5-12(17-13)21(2,19)20;1-18-11-4-3-10(7-9(11)8-15-18)16-13-14-6-5-12(17-13)19-2;1-9-4-2-3-7-5(6)8-4;5-3-1-2-7-4(6)8-3/h4-9,11,19,30H,10,12-13H2,1-3H3,(H,23,25,26);3-11H,1-2H3,(H,19,21,22);3-8H,1-2H3,(H,14,16,17);3-8H,1-2H3,(H,14,16,17);2-3H,1H3;1-2H. The highest BCUT2D eigenvalue weighted by Gasteiger charge is 2.25. The summed E-state index contributed by atoms with van der Waals surface area (Å²) in [4.78, 5) is 62.7. The Morgan fingerprint density at radius 3 is 1.36 bits per heavy atom. The number of carbonyl (C=O) groups excluding carboxylic acids is 1. The molecule has 0 spiro atoms. The number of anilines is 8. The van der Waals surface area contributed by atoms with Crippen molar-refractivity contribution in [2.24, 2.45) is 28.2 Å². The molecule has 0 amide bonds. The number of aliphatic hydroxyl groups excluding tert-OH is 1. The highest BCUT2D eigenvalue weighted by atomic mass is 35.5. The number of aromatic nitrogens is 22. The lowest BCUT2D eigenvalue weighted by Gasteiger charge is -2.35. The number of hydrogen-bond donors (Lipinski definition) is 5. The van der Waals surface area contributed by atoms with Crippen LogP contribution in [0.5, 0.6) is 0 Å². The Labute approximate surface area is 666 Å². The average molecular weight is 1620 g/mol. The van der Waals surface area contributed by atoms with Crippen molar-refractivity contribution in [1.82, 2.24) is 113 Å². The molecule has 13 heterocycles. The van der Waals surface area contributed by atoms with Crippen LogP contribution in [0.2, 0.25) is 15.7 Å². The Morgan fingerprint density at radius 1 is 0.482 bits per heavy atom. The van der Waals surface area contributed by atoms with Crippen molar-refractivity contribution in [3.8, 4) is 11.6 Å². The highest BCUT2D eigenvalue weighted by molar-refractivity contribution is 7.98. The highest BCUT2D eigenvalue weighted by Crippen LogP contribution is 2.28. The first-order chi connectivity index (χ1) is 53.9. The van der Waals surface area contributed by atoms with Crippen LogP contribution in [0.1, 0.15) is 32.6 Å². The van der Waals surface area contributed by atoms with Crippen LogP contribution in [0.3, 0.4) is 0 Å². The summed E-state index contributed by atoms with van der Waals surface area (Å²) in [6, 6.07) is 32.2.